The Morgan fingerprint density at radius 2 is 2.09 bits per heavy atom. The first-order valence-electron chi connectivity index (χ1n) is 7.21. The molecule has 1 atom stereocenters. The average Bonchev–Trinajstić information content (AvgIpc) is 3.17. The van der Waals surface area contributed by atoms with Crippen molar-refractivity contribution in [3.8, 4) is 5.69 Å². The second-order valence-corrected chi connectivity index (χ2v) is 6.05. The zero-order valence-corrected chi connectivity index (χ0v) is 13.7. The highest BCUT2D eigenvalue weighted by Crippen LogP contribution is 2.17. The number of nitrogens with one attached hydrogen (secondary N) is 2. The Labute approximate surface area is 138 Å². The van der Waals surface area contributed by atoms with Gasteiger partial charge in [0.15, 0.2) is 0 Å². The maximum absolute atomic E-state index is 12.1. The molecular formula is C16H17N5OS. The summed E-state index contributed by atoms with van der Waals surface area (Å²) in [6.07, 6.45) is 3.39. The van der Waals surface area contributed by atoms with Crippen LogP contribution in [0.5, 0.6) is 0 Å². The van der Waals surface area contributed by atoms with Gasteiger partial charge in [-0.15, -0.1) is 11.3 Å². The molecule has 0 bridgehead atoms. The second-order valence-electron chi connectivity index (χ2n) is 5.16. The molecule has 2 N–H and O–H groups in total. The number of hydrogen-bond acceptors (Lipinski definition) is 4. The predicted molar refractivity (Wildman–Crippen MR) is 91.0 cm³/mol. The highest BCUT2D eigenvalue weighted by molar-refractivity contribution is 7.09. The molecule has 3 rings (SSSR count). The summed E-state index contributed by atoms with van der Waals surface area (Å²) in [6.45, 7) is 3.84. The van der Waals surface area contributed by atoms with Crippen LogP contribution >= 0.6 is 11.3 Å². The van der Waals surface area contributed by atoms with E-state index in [-0.39, 0.29) is 12.1 Å². The number of aryl methyl sites for hydroxylation is 1. The molecular weight excluding hydrogens is 310 g/mol. The second kappa shape index (κ2) is 6.62. The van der Waals surface area contributed by atoms with Gasteiger partial charge in [-0.05, 0) is 26.0 Å². The van der Waals surface area contributed by atoms with Crippen molar-refractivity contribution in [2.45, 2.75) is 19.9 Å². The summed E-state index contributed by atoms with van der Waals surface area (Å²) in [4.78, 5) is 16.4. The lowest BCUT2D eigenvalue weighted by atomic mass is 10.3. The van der Waals surface area contributed by atoms with Gasteiger partial charge in [0.1, 0.15) is 5.01 Å². The van der Waals surface area contributed by atoms with E-state index in [0.29, 0.717) is 5.69 Å². The minimum Gasteiger partial charge on any atom is -0.329 e. The van der Waals surface area contributed by atoms with E-state index in [0.717, 1.165) is 16.4 Å². The number of para-hydroxylation sites is 1. The van der Waals surface area contributed by atoms with Crippen LogP contribution in [-0.2, 0) is 0 Å². The summed E-state index contributed by atoms with van der Waals surface area (Å²) < 4.78 is 1.71. The topological polar surface area (TPSA) is 71.8 Å². The van der Waals surface area contributed by atoms with Crippen LogP contribution in [0, 0.1) is 6.92 Å². The maximum Gasteiger partial charge on any atom is 0.319 e. The molecule has 23 heavy (non-hydrogen) atoms. The minimum absolute atomic E-state index is 0.141. The van der Waals surface area contributed by atoms with Gasteiger partial charge in [-0.3, -0.25) is 0 Å². The predicted octanol–water partition coefficient (Wildman–Crippen LogP) is 3.52. The smallest absolute Gasteiger partial charge is 0.319 e. The maximum atomic E-state index is 12.1. The van der Waals surface area contributed by atoms with Crippen molar-refractivity contribution in [3.63, 3.8) is 0 Å². The molecule has 0 saturated heterocycles. The van der Waals surface area contributed by atoms with Crippen molar-refractivity contribution < 1.29 is 4.79 Å². The lowest BCUT2D eigenvalue weighted by molar-refractivity contribution is 0.249. The molecule has 2 heterocycles. The van der Waals surface area contributed by atoms with E-state index < -0.39 is 0 Å². The summed E-state index contributed by atoms with van der Waals surface area (Å²) in [7, 11) is 0. The van der Waals surface area contributed by atoms with Crippen LogP contribution in [0.1, 0.15) is 23.7 Å². The molecule has 0 unspecified atom stereocenters. The van der Waals surface area contributed by atoms with Crippen LogP contribution in [0.25, 0.3) is 5.69 Å². The number of nitrogens with zero attached hydrogens (tertiary/aromatic N) is 3. The molecule has 0 radical (unpaired) electrons. The number of benzene rings is 1. The van der Waals surface area contributed by atoms with Crippen LogP contribution in [0.2, 0.25) is 0 Å². The Hall–Kier alpha value is -2.67. The highest BCUT2D eigenvalue weighted by atomic mass is 32.1. The molecule has 2 amide bonds. The van der Waals surface area contributed by atoms with Crippen molar-refractivity contribution in [1.29, 1.82) is 0 Å². The van der Waals surface area contributed by atoms with E-state index in [1.165, 1.54) is 11.3 Å². The summed E-state index contributed by atoms with van der Waals surface area (Å²) in [5.41, 5.74) is 2.53. The molecule has 0 aliphatic carbocycles. The molecule has 2 aromatic heterocycles. The summed E-state index contributed by atoms with van der Waals surface area (Å²) in [5.74, 6) is 0. The van der Waals surface area contributed by atoms with Gasteiger partial charge in [-0.25, -0.2) is 14.5 Å². The molecule has 0 fully saturated rings. The van der Waals surface area contributed by atoms with Crippen molar-refractivity contribution in [3.05, 3.63) is 58.8 Å². The molecule has 0 saturated carbocycles. The fraction of sp³-hybridized carbons (Fsp3) is 0.188. The van der Waals surface area contributed by atoms with E-state index >= 15 is 0 Å². The van der Waals surface area contributed by atoms with Crippen molar-refractivity contribution in [1.82, 2.24) is 20.1 Å². The van der Waals surface area contributed by atoms with E-state index in [1.807, 2.05) is 49.6 Å². The zero-order chi connectivity index (χ0) is 16.2. The lowest BCUT2D eigenvalue weighted by Crippen LogP contribution is -2.31. The standard InChI is InChI=1S/C16H17N5OS/c1-11-10-23-15(18-11)12(2)19-16(22)20-13-8-17-21(9-13)14-6-4-3-5-7-14/h3-10,12H,1-2H3,(H2,19,20,22)/t12-/m0/s1. The molecule has 118 valence electrons. The van der Waals surface area contributed by atoms with Crippen molar-refractivity contribution in [2.24, 2.45) is 0 Å². The number of aromatic nitrogens is 3. The van der Waals surface area contributed by atoms with E-state index in [4.69, 9.17) is 0 Å². The normalized spacial score (nSPS) is 11.9. The number of thiazole rings is 1. The van der Waals surface area contributed by atoms with Gasteiger partial charge in [0, 0.05) is 11.1 Å². The number of urea groups is 1. The number of carbonyl (C=O) groups is 1. The van der Waals surface area contributed by atoms with Gasteiger partial charge in [0.2, 0.25) is 0 Å². The Kier molecular flexibility index (Phi) is 4.38. The van der Waals surface area contributed by atoms with E-state index in [1.54, 1.807) is 17.1 Å². The highest BCUT2D eigenvalue weighted by Gasteiger charge is 2.13. The molecule has 1 aromatic carbocycles. The van der Waals surface area contributed by atoms with Gasteiger partial charge < -0.3 is 10.6 Å². The summed E-state index contributed by atoms with van der Waals surface area (Å²) in [6, 6.07) is 9.30. The third-order valence-corrected chi connectivity index (χ3v) is 4.36. The Morgan fingerprint density at radius 1 is 1.30 bits per heavy atom. The number of rotatable bonds is 4. The van der Waals surface area contributed by atoms with Gasteiger partial charge in [-0.2, -0.15) is 5.10 Å². The zero-order valence-electron chi connectivity index (χ0n) is 12.9. The van der Waals surface area contributed by atoms with E-state index in [9.17, 15) is 4.79 Å². The van der Waals surface area contributed by atoms with Gasteiger partial charge in [0.05, 0.1) is 29.8 Å². The quantitative estimate of drug-likeness (QED) is 0.770. The third-order valence-electron chi connectivity index (χ3n) is 3.22. The summed E-state index contributed by atoms with van der Waals surface area (Å²) in [5, 5.41) is 12.7. The molecule has 0 spiro atoms. The van der Waals surface area contributed by atoms with Gasteiger partial charge >= 0.3 is 6.03 Å². The summed E-state index contributed by atoms with van der Waals surface area (Å²) >= 11 is 1.54. The number of carbonyl (C=O) groups excluding carboxylic acids is 1. The van der Waals surface area contributed by atoms with Crippen LogP contribution in [-0.4, -0.2) is 20.8 Å². The van der Waals surface area contributed by atoms with Gasteiger partial charge in [-0.1, -0.05) is 18.2 Å². The minimum atomic E-state index is -0.280. The fourth-order valence-corrected chi connectivity index (χ4v) is 2.91. The Balaban J connectivity index is 1.61. The Morgan fingerprint density at radius 3 is 2.78 bits per heavy atom. The lowest BCUT2D eigenvalue weighted by Gasteiger charge is -2.11. The molecule has 3 aromatic rings. The first-order valence-corrected chi connectivity index (χ1v) is 8.09. The van der Waals surface area contributed by atoms with Crippen molar-refractivity contribution in [2.75, 3.05) is 5.32 Å². The number of amides is 2. The Bertz CT molecular complexity index is 796. The average molecular weight is 327 g/mol. The van der Waals surface area contributed by atoms with Crippen molar-refractivity contribution >= 4 is 23.1 Å². The number of hydrogen-bond donors (Lipinski definition) is 2. The first-order chi connectivity index (χ1) is 11.1. The third kappa shape index (κ3) is 3.75. The van der Waals surface area contributed by atoms with Crippen LogP contribution in [0.3, 0.4) is 0 Å². The van der Waals surface area contributed by atoms with Crippen LogP contribution in [0.15, 0.2) is 48.1 Å². The van der Waals surface area contributed by atoms with Gasteiger partial charge in [0.25, 0.3) is 0 Å². The SMILES string of the molecule is Cc1csc([C@H](C)NC(=O)Nc2cnn(-c3ccccc3)c2)n1. The van der Waals surface area contributed by atoms with Crippen LogP contribution < -0.4 is 10.6 Å². The number of anilines is 1. The molecule has 0 aliphatic rings. The fourth-order valence-electron chi connectivity index (χ4n) is 2.11. The first kappa shape index (κ1) is 15.2. The molecule has 7 heteroatoms. The monoisotopic (exact) mass is 327 g/mol. The van der Waals surface area contributed by atoms with Crippen LogP contribution in [0.4, 0.5) is 10.5 Å². The van der Waals surface area contributed by atoms with E-state index in [2.05, 4.69) is 20.7 Å². The molecule has 0 aliphatic heterocycles. The molecule has 6 nitrogen and oxygen atoms in total. The largest absolute Gasteiger partial charge is 0.329 e.